The average Bonchev–Trinajstić information content (AvgIpc) is 2.81. The number of carbonyl (C=O) groups is 1. The number of ether oxygens (including phenoxy) is 1. The largest absolute Gasteiger partial charge is 0.494 e. The lowest BCUT2D eigenvalue weighted by atomic mass is 9.97. The monoisotopic (exact) mass is 494 g/mol. The van der Waals surface area contributed by atoms with Gasteiger partial charge < -0.3 is 10.1 Å². The van der Waals surface area contributed by atoms with Crippen LogP contribution in [0.1, 0.15) is 48.9 Å². The van der Waals surface area contributed by atoms with Gasteiger partial charge in [0.1, 0.15) is 11.8 Å². The van der Waals surface area contributed by atoms with E-state index in [9.17, 15) is 13.2 Å². The minimum absolute atomic E-state index is 0.0862. The number of benzene rings is 3. The molecule has 3 aromatic rings. The minimum atomic E-state index is -3.97. The van der Waals surface area contributed by atoms with Crippen molar-refractivity contribution in [2.75, 3.05) is 11.9 Å². The maximum absolute atomic E-state index is 13.5. The molecule has 3 aromatic carbocycles. The van der Waals surface area contributed by atoms with Crippen molar-refractivity contribution in [2.24, 2.45) is 0 Å². The van der Waals surface area contributed by atoms with E-state index >= 15 is 0 Å². The van der Waals surface area contributed by atoms with Gasteiger partial charge in [-0.2, -0.15) is 4.72 Å². The van der Waals surface area contributed by atoms with Crippen LogP contribution in [0.25, 0.3) is 0 Å². The molecule has 6 nitrogen and oxygen atoms in total. The number of sulfonamides is 1. The number of anilines is 1. The fourth-order valence-electron chi connectivity index (χ4n) is 3.95. The van der Waals surface area contributed by atoms with Crippen LogP contribution in [0.4, 0.5) is 5.69 Å². The smallest absolute Gasteiger partial charge is 0.242 e. The van der Waals surface area contributed by atoms with E-state index in [0.29, 0.717) is 17.9 Å². The van der Waals surface area contributed by atoms with Gasteiger partial charge in [0.2, 0.25) is 15.9 Å². The summed E-state index contributed by atoms with van der Waals surface area (Å²) in [4.78, 5) is 13.6. The lowest BCUT2D eigenvalue weighted by molar-refractivity contribution is -0.117. The lowest BCUT2D eigenvalue weighted by Crippen LogP contribution is -2.45. The average molecular weight is 495 g/mol. The number of carbonyl (C=O) groups excluding carboxylic acids is 1. The van der Waals surface area contributed by atoms with Crippen molar-refractivity contribution in [3.05, 3.63) is 89.0 Å². The summed E-state index contributed by atoms with van der Waals surface area (Å²) >= 11 is 0. The van der Waals surface area contributed by atoms with E-state index in [1.165, 1.54) is 6.07 Å². The number of rotatable bonds is 10. The van der Waals surface area contributed by atoms with Gasteiger partial charge in [-0.1, -0.05) is 62.4 Å². The number of hydrogen-bond donors (Lipinski definition) is 2. The summed E-state index contributed by atoms with van der Waals surface area (Å²) in [6.07, 6.45) is 0.213. The number of aryl methyl sites for hydroxylation is 2. The van der Waals surface area contributed by atoms with Crippen molar-refractivity contribution in [3.8, 4) is 5.75 Å². The topological polar surface area (TPSA) is 84.5 Å². The van der Waals surface area contributed by atoms with Crippen molar-refractivity contribution in [1.29, 1.82) is 0 Å². The highest BCUT2D eigenvalue weighted by atomic mass is 32.2. The molecule has 0 spiro atoms. The third-order valence-corrected chi connectivity index (χ3v) is 7.30. The second-order valence-corrected chi connectivity index (χ2v) is 10.6. The van der Waals surface area contributed by atoms with E-state index in [-0.39, 0.29) is 17.2 Å². The fraction of sp³-hybridized carbons (Fsp3) is 0.321. The zero-order valence-electron chi connectivity index (χ0n) is 21.0. The first-order chi connectivity index (χ1) is 16.6. The van der Waals surface area contributed by atoms with Crippen LogP contribution >= 0.6 is 0 Å². The first-order valence-corrected chi connectivity index (χ1v) is 13.3. The Labute approximate surface area is 208 Å². The molecule has 1 amide bonds. The van der Waals surface area contributed by atoms with Crippen LogP contribution in [0.3, 0.4) is 0 Å². The van der Waals surface area contributed by atoms with Crippen LogP contribution in [0.2, 0.25) is 0 Å². The first-order valence-electron chi connectivity index (χ1n) is 11.8. The van der Waals surface area contributed by atoms with Crippen LogP contribution in [0.15, 0.2) is 71.6 Å². The highest BCUT2D eigenvalue weighted by Crippen LogP contribution is 2.28. The molecule has 3 rings (SSSR count). The standard InChI is InChI=1S/C28H34N2O4S/c1-6-34-26-16-15-23(17-21(26)5)35(32,33)30-25(18-22-12-8-7-9-13-22)28(31)29-27-20(4)11-10-14-24(27)19(2)3/h7-17,19,25,30H,6,18H2,1-5H3,(H,29,31). The molecule has 35 heavy (non-hydrogen) atoms. The molecule has 1 atom stereocenters. The number of hydrogen-bond acceptors (Lipinski definition) is 4. The molecular weight excluding hydrogens is 460 g/mol. The molecule has 7 heteroatoms. The number of amides is 1. The van der Waals surface area contributed by atoms with E-state index in [1.807, 2.05) is 62.4 Å². The third-order valence-electron chi connectivity index (χ3n) is 5.83. The molecule has 0 aliphatic heterocycles. The Bertz CT molecular complexity index is 1270. The van der Waals surface area contributed by atoms with Crippen molar-refractivity contribution in [3.63, 3.8) is 0 Å². The molecule has 0 aliphatic carbocycles. The van der Waals surface area contributed by atoms with Gasteiger partial charge in [-0.25, -0.2) is 8.42 Å². The van der Waals surface area contributed by atoms with Gasteiger partial charge in [-0.15, -0.1) is 0 Å². The zero-order valence-corrected chi connectivity index (χ0v) is 21.8. The molecule has 1 unspecified atom stereocenters. The zero-order chi connectivity index (χ0) is 25.6. The van der Waals surface area contributed by atoms with Gasteiger partial charge in [0, 0.05) is 5.69 Å². The van der Waals surface area contributed by atoms with E-state index in [1.54, 1.807) is 19.1 Å². The molecule has 0 saturated heterocycles. The molecule has 0 saturated carbocycles. The number of nitrogens with one attached hydrogen (secondary N) is 2. The summed E-state index contributed by atoms with van der Waals surface area (Å²) in [5.74, 6) is 0.420. The summed E-state index contributed by atoms with van der Waals surface area (Å²) in [7, 11) is -3.97. The van der Waals surface area contributed by atoms with Crippen LogP contribution in [0, 0.1) is 13.8 Å². The Kier molecular flexibility index (Phi) is 8.70. The Morgan fingerprint density at radius 3 is 2.29 bits per heavy atom. The first kappa shape index (κ1) is 26.4. The van der Waals surface area contributed by atoms with Gasteiger partial charge in [0.15, 0.2) is 0 Å². The molecule has 0 heterocycles. The Morgan fingerprint density at radius 1 is 0.943 bits per heavy atom. The summed E-state index contributed by atoms with van der Waals surface area (Å²) in [5, 5.41) is 3.01. The van der Waals surface area contributed by atoms with Crippen LogP contribution in [-0.2, 0) is 21.2 Å². The van der Waals surface area contributed by atoms with Gasteiger partial charge in [-0.3, -0.25) is 4.79 Å². The highest BCUT2D eigenvalue weighted by molar-refractivity contribution is 7.89. The van der Waals surface area contributed by atoms with E-state index in [2.05, 4.69) is 23.9 Å². The van der Waals surface area contributed by atoms with Gasteiger partial charge in [0.05, 0.1) is 11.5 Å². The van der Waals surface area contributed by atoms with Gasteiger partial charge in [-0.05, 0) is 73.6 Å². The molecule has 0 fully saturated rings. The fourth-order valence-corrected chi connectivity index (χ4v) is 5.23. The van der Waals surface area contributed by atoms with E-state index in [0.717, 1.165) is 22.4 Å². The van der Waals surface area contributed by atoms with Crippen molar-refractivity contribution >= 4 is 21.6 Å². The normalized spacial score (nSPS) is 12.4. The van der Waals surface area contributed by atoms with Crippen LogP contribution in [0.5, 0.6) is 5.75 Å². The van der Waals surface area contributed by atoms with Crippen LogP contribution in [-0.4, -0.2) is 27.0 Å². The molecule has 0 bridgehead atoms. The second kappa shape index (κ2) is 11.5. The molecule has 0 aromatic heterocycles. The Morgan fingerprint density at radius 2 is 1.66 bits per heavy atom. The van der Waals surface area contributed by atoms with Gasteiger partial charge >= 0.3 is 0 Å². The minimum Gasteiger partial charge on any atom is -0.494 e. The summed E-state index contributed by atoms with van der Waals surface area (Å²) in [6.45, 7) is 10.2. The second-order valence-electron chi connectivity index (χ2n) is 8.91. The predicted molar refractivity (Wildman–Crippen MR) is 141 cm³/mol. The third kappa shape index (κ3) is 6.71. The maximum Gasteiger partial charge on any atom is 0.242 e. The predicted octanol–water partition coefficient (Wildman–Crippen LogP) is 5.35. The Balaban J connectivity index is 1.93. The quantitative estimate of drug-likeness (QED) is 0.398. The van der Waals surface area contributed by atoms with Crippen LogP contribution < -0.4 is 14.8 Å². The summed E-state index contributed by atoms with van der Waals surface area (Å²) < 4.78 is 34.8. The van der Waals surface area contributed by atoms with E-state index < -0.39 is 22.0 Å². The molecule has 2 N–H and O–H groups in total. The molecule has 0 aliphatic rings. The SMILES string of the molecule is CCOc1ccc(S(=O)(=O)NC(Cc2ccccc2)C(=O)Nc2c(C)cccc2C(C)C)cc1C. The molecule has 0 radical (unpaired) electrons. The van der Waals surface area contributed by atoms with Gasteiger partial charge in [0.25, 0.3) is 0 Å². The van der Waals surface area contributed by atoms with Crippen molar-refractivity contribution < 1.29 is 17.9 Å². The molecule has 186 valence electrons. The molecular formula is C28H34N2O4S. The lowest BCUT2D eigenvalue weighted by Gasteiger charge is -2.22. The van der Waals surface area contributed by atoms with E-state index in [4.69, 9.17) is 4.74 Å². The summed E-state index contributed by atoms with van der Waals surface area (Å²) in [5.41, 5.74) is 4.21. The Hall–Kier alpha value is -3.16. The number of para-hydroxylation sites is 1. The highest BCUT2D eigenvalue weighted by Gasteiger charge is 2.27. The van der Waals surface area contributed by atoms with Crippen molar-refractivity contribution in [1.82, 2.24) is 4.72 Å². The maximum atomic E-state index is 13.5. The van der Waals surface area contributed by atoms with Crippen molar-refractivity contribution in [2.45, 2.75) is 57.9 Å². The summed E-state index contributed by atoms with van der Waals surface area (Å²) in [6, 6.07) is 18.9.